The molecule has 2 rings (SSSR count). The molecule has 24 heavy (non-hydrogen) atoms. The number of ketones is 1. The summed E-state index contributed by atoms with van der Waals surface area (Å²) in [5.41, 5.74) is 5.40. The highest BCUT2D eigenvalue weighted by atomic mass is 16.6. The number of hydrogen-bond acceptors (Lipinski definition) is 6. The van der Waals surface area contributed by atoms with Crippen molar-refractivity contribution >= 4 is 23.2 Å². The van der Waals surface area contributed by atoms with E-state index in [0.717, 1.165) is 12.3 Å². The van der Waals surface area contributed by atoms with Gasteiger partial charge in [0.1, 0.15) is 12.0 Å². The zero-order valence-electron chi connectivity index (χ0n) is 12.9. The molecular formula is C16H16N4O4. The van der Waals surface area contributed by atoms with Gasteiger partial charge in [0.15, 0.2) is 5.78 Å². The fourth-order valence-electron chi connectivity index (χ4n) is 2.16. The first-order valence-corrected chi connectivity index (χ1v) is 7.17. The summed E-state index contributed by atoms with van der Waals surface area (Å²) in [7, 11) is 0. The zero-order chi connectivity index (χ0) is 17.7. The topological polar surface area (TPSA) is 128 Å². The van der Waals surface area contributed by atoms with Crippen molar-refractivity contribution in [3.05, 3.63) is 63.8 Å². The fraction of sp³-hybridized carbons (Fsp3) is 0.188. The third-order valence-electron chi connectivity index (χ3n) is 3.32. The van der Waals surface area contributed by atoms with Crippen LogP contribution in [-0.2, 0) is 0 Å². The van der Waals surface area contributed by atoms with E-state index in [1.807, 2.05) is 6.07 Å². The average molecular weight is 328 g/mol. The molecule has 0 unspecified atom stereocenters. The van der Waals surface area contributed by atoms with Crippen LogP contribution >= 0.6 is 0 Å². The number of primary amides is 1. The summed E-state index contributed by atoms with van der Waals surface area (Å²) in [6, 6.07) is 9.51. The van der Waals surface area contributed by atoms with Crippen LogP contribution in [0.1, 0.15) is 34.1 Å². The molecule has 0 aliphatic heterocycles. The number of carbonyl (C=O) groups is 2. The van der Waals surface area contributed by atoms with Crippen LogP contribution in [0.4, 0.5) is 11.5 Å². The van der Waals surface area contributed by atoms with Crippen molar-refractivity contribution in [3.63, 3.8) is 0 Å². The van der Waals surface area contributed by atoms with Crippen LogP contribution in [0.2, 0.25) is 0 Å². The van der Waals surface area contributed by atoms with Gasteiger partial charge in [0.25, 0.3) is 11.6 Å². The summed E-state index contributed by atoms with van der Waals surface area (Å²) in [6.45, 7) is 1.74. The van der Waals surface area contributed by atoms with E-state index in [1.165, 1.54) is 0 Å². The summed E-state index contributed by atoms with van der Waals surface area (Å²) < 4.78 is 0. The van der Waals surface area contributed by atoms with Gasteiger partial charge in [-0.25, -0.2) is 4.98 Å². The summed E-state index contributed by atoms with van der Waals surface area (Å²) in [5, 5.41) is 13.7. The predicted octanol–water partition coefficient (Wildman–Crippen LogP) is 2.16. The molecule has 0 spiro atoms. The van der Waals surface area contributed by atoms with Gasteiger partial charge in [-0.1, -0.05) is 30.3 Å². The zero-order valence-corrected chi connectivity index (χ0v) is 12.9. The standard InChI is InChI=1S/C16H16N4O4/c1-10(7-14(21)11-5-3-2-4-6-11)19-16-13(15(17)22)8-12(9-18-16)20(23)24/h2-6,8-10H,7H2,1H3,(H2,17,22)(H,18,19)/t10-/m1/s1. The molecule has 1 aromatic heterocycles. The van der Waals surface area contributed by atoms with Gasteiger partial charge >= 0.3 is 0 Å². The van der Waals surface area contributed by atoms with E-state index in [9.17, 15) is 19.7 Å². The van der Waals surface area contributed by atoms with E-state index in [0.29, 0.717) is 5.56 Å². The Morgan fingerprint density at radius 1 is 1.33 bits per heavy atom. The highest BCUT2D eigenvalue weighted by Crippen LogP contribution is 2.20. The van der Waals surface area contributed by atoms with Crippen LogP contribution in [0.25, 0.3) is 0 Å². The number of hydrogen-bond donors (Lipinski definition) is 2. The van der Waals surface area contributed by atoms with Crippen LogP contribution in [0, 0.1) is 10.1 Å². The number of nitrogens with one attached hydrogen (secondary N) is 1. The number of Topliss-reactive ketones (excluding diaryl/α,β-unsaturated/α-hetero) is 1. The molecule has 0 fully saturated rings. The van der Waals surface area contributed by atoms with Crippen molar-refractivity contribution < 1.29 is 14.5 Å². The third kappa shape index (κ3) is 4.13. The van der Waals surface area contributed by atoms with Gasteiger partial charge in [0.2, 0.25) is 0 Å². The molecule has 8 heteroatoms. The Kier molecular flexibility index (Phi) is 5.20. The number of pyridine rings is 1. The second-order valence-electron chi connectivity index (χ2n) is 5.25. The van der Waals surface area contributed by atoms with Gasteiger partial charge in [0.05, 0.1) is 10.5 Å². The molecule has 1 heterocycles. The van der Waals surface area contributed by atoms with Crippen molar-refractivity contribution in [3.8, 4) is 0 Å². The molecule has 8 nitrogen and oxygen atoms in total. The lowest BCUT2D eigenvalue weighted by atomic mass is 10.0. The van der Waals surface area contributed by atoms with Gasteiger partial charge in [-0.3, -0.25) is 19.7 Å². The summed E-state index contributed by atoms with van der Waals surface area (Å²) in [6.07, 6.45) is 1.20. The summed E-state index contributed by atoms with van der Waals surface area (Å²) in [5.74, 6) is -0.796. The van der Waals surface area contributed by atoms with Crippen molar-refractivity contribution in [2.24, 2.45) is 5.73 Å². The molecular weight excluding hydrogens is 312 g/mol. The molecule has 0 aliphatic rings. The van der Waals surface area contributed by atoms with E-state index < -0.39 is 10.8 Å². The Balaban J connectivity index is 2.14. The quantitative estimate of drug-likeness (QED) is 0.455. The molecule has 0 saturated heterocycles. The van der Waals surface area contributed by atoms with Crippen molar-refractivity contribution in [1.29, 1.82) is 0 Å². The summed E-state index contributed by atoms with van der Waals surface area (Å²) in [4.78, 5) is 37.6. The Bertz CT molecular complexity index is 777. The minimum Gasteiger partial charge on any atom is -0.366 e. The maximum absolute atomic E-state index is 12.2. The number of amides is 1. The van der Waals surface area contributed by atoms with Gasteiger partial charge < -0.3 is 11.1 Å². The molecule has 0 aliphatic carbocycles. The maximum Gasteiger partial charge on any atom is 0.288 e. The third-order valence-corrected chi connectivity index (χ3v) is 3.32. The minimum absolute atomic E-state index is 0.0712. The molecule has 1 amide bonds. The van der Waals surface area contributed by atoms with Crippen LogP contribution in [0.15, 0.2) is 42.6 Å². The normalized spacial score (nSPS) is 11.5. The molecule has 124 valence electrons. The molecule has 0 radical (unpaired) electrons. The molecule has 1 atom stereocenters. The second-order valence-corrected chi connectivity index (χ2v) is 5.25. The molecule has 0 saturated carbocycles. The number of nitro groups is 1. The number of carbonyl (C=O) groups excluding carboxylic acids is 2. The van der Waals surface area contributed by atoms with Crippen LogP contribution in [0.5, 0.6) is 0 Å². The smallest absolute Gasteiger partial charge is 0.288 e. The van der Waals surface area contributed by atoms with Crippen LogP contribution in [-0.4, -0.2) is 27.6 Å². The number of rotatable bonds is 7. The van der Waals surface area contributed by atoms with Gasteiger partial charge in [-0.2, -0.15) is 0 Å². The van der Waals surface area contributed by atoms with Gasteiger partial charge in [-0.15, -0.1) is 0 Å². The lowest BCUT2D eigenvalue weighted by Crippen LogP contribution is -2.23. The fourth-order valence-corrected chi connectivity index (χ4v) is 2.16. The largest absolute Gasteiger partial charge is 0.366 e. The Morgan fingerprint density at radius 2 is 2.00 bits per heavy atom. The average Bonchev–Trinajstić information content (AvgIpc) is 2.55. The summed E-state index contributed by atoms with van der Waals surface area (Å²) >= 11 is 0. The Hall–Kier alpha value is -3.29. The highest BCUT2D eigenvalue weighted by Gasteiger charge is 2.18. The first kappa shape index (κ1) is 17.1. The van der Waals surface area contributed by atoms with E-state index in [4.69, 9.17) is 5.73 Å². The predicted molar refractivity (Wildman–Crippen MR) is 87.9 cm³/mol. The maximum atomic E-state index is 12.2. The first-order chi connectivity index (χ1) is 11.4. The molecule has 1 aromatic carbocycles. The van der Waals surface area contributed by atoms with Crippen molar-refractivity contribution in [2.45, 2.75) is 19.4 Å². The van der Waals surface area contributed by atoms with Gasteiger partial charge in [0, 0.05) is 24.1 Å². The van der Waals surface area contributed by atoms with E-state index in [1.54, 1.807) is 31.2 Å². The molecule has 0 bridgehead atoms. The lowest BCUT2D eigenvalue weighted by Gasteiger charge is -2.15. The number of anilines is 1. The van der Waals surface area contributed by atoms with Crippen molar-refractivity contribution in [2.75, 3.05) is 5.32 Å². The second kappa shape index (κ2) is 7.32. The van der Waals surface area contributed by atoms with Crippen molar-refractivity contribution in [1.82, 2.24) is 4.98 Å². The SMILES string of the molecule is C[C@H](CC(=O)c1ccccc1)Nc1ncc([N+](=O)[O-])cc1C(N)=O. The van der Waals surface area contributed by atoms with Crippen LogP contribution < -0.4 is 11.1 Å². The van der Waals surface area contributed by atoms with E-state index in [2.05, 4.69) is 10.3 Å². The molecule has 3 N–H and O–H groups in total. The van der Waals surface area contributed by atoms with E-state index >= 15 is 0 Å². The highest BCUT2D eigenvalue weighted by molar-refractivity contribution is 5.99. The molecule has 2 aromatic rings. The Labute approximate surface area is 137 Å². The minimum atomic E-state index is -0.838. The number of benzene rings is 1. The Morgan fingerprint density at radius 3 is 2.58 bits per heavy atom. The van der Waals surface area contributed by atoms with Crippen LogP contribution in [0.3, 0.4) is 0 Å². The van der Waals surface area contributed by atoms with Gasteiger partial charge in [-0.05, 0) is 6.92 Å². The lowest BCUT2D eigenvalue weighted by molar-refractivity contribution is -0.385. The number of aromatic nitrogens is 1. The number of nitrogens with zero attached hydrogens (tertiary/aromatic N) is 2. The van der Waals surface area contributed by atoms with E-state index in [-0.39, 0.29) is 35.3 Å². The number of nitrogens with two attached hydrogens (primary N) is 1. The first-order valence-electron chi connectivity index (χ1n) is 7.17. The monoisotopic (exact) mass is 328 g/mol.